The molecule has 0 radical (unpaired) electrons. The molecule has 5 nitrogen and oxygen atoms in total. The van der Waals surface area contributed by atoms with Crippen molar-refractivity contribution in [2.75, 3.05) is 6.61 Å². The van der Waals surface area contributed by atoms with E-state index in [1.165, 1.54) is 17.4 Å². The Balaban J connectivity index is 1.94. The van der Waals surface area contributed by atoms with Crippen molar-refractivity contribution in [1.29, 1.82) is 0 Å². The van der Waals surface area contributed by atoms with Crippen molar-refractivity contribution in [3.63, 3.8) is 0 Å². The summed E-state index contributed by atoms with van der Waals surface area (Å²) in [6, 6.07) is 14.4. The molecular weight excluding hydrogens is 494 g/mol. The van der Waals surface area contributed by atoms with Gasteiger partial charge >= 0.3 is 0 Å². The van der Waals surface area contributed by atoms with Gasteiger partial charge in [-0.25, -0.2) is 0 Å². The van der Waals surface area contributed by atoms with Crippen molar-refractivity contribution in [3.8, 4) is 5.75 Å². The molecule has 2 N–H and O–H groups in total. The van der Waals surface area contributed by atoms with E-state index in [0.717, 1.165) is 34.2 Å². The molecule has 0 aliphatic heterocycles. The van der Waals surface area contributed by atoms with Gasteiger partial charge in [0.1, 0.15) is 12.4 Å². The molecule has 38 heavy (non-hydrogen) atoms. The average Bonchev–Trinajstić information content (AvgIpc) is 3.32. The number of thiophene rings is 1. The predicted molar refractivity (Wildman–Crippen MR) is 158 cm³/mol. The summed E-state index contributed by atoms with van der Waals surface area (Å²) in [6.45, 7) is 15.7. The highest BCUT2D eigenvalue weighted by Gasteiger charge is 2.33. The third-order valence-corrected chi connectivity index (χ3v) is 9.61. The van der Waals surface area contributed by atoms with Crippen molar-refractivity contribution >= 4 is 33.1 Å². The SMILES string of the molecule is CCC(O)(CC)COc1ccc(C(CC)(CC)c2cc3ccc(C(=O)NC(C)(C)C(C)=O)cc3s2)cc1C. The molecule has 0 fully saturated rings. The van der Waals surface area contributed by atoms with Gasteiger partial charge < -0.3 is 15.2 Å². The smallest absolute Gasteiger partial charge is 0.252 e. The Morgan fingerprint density at radius 3 is 2.16 bits per heavy atom. The van der Waals surface area contributed by atoms with E-state index in [1.807, 2.05) is 38.1 Å². The van der Waals surface area contributed by atoms with Gasteiger partial charge in [-0.15, -0.1) is 11.3 Å². The summed E-state index contributed by atoms with van der Waals surface area (Å²) in [5.41, 5.74) is 0.954. The molecule has 206 valence electrons. The van der Waals surface area contributed by atoms with Crippen LogP contribution >= 0.6 is 11.3 Å². The van der Waals surface area contributed by atoms with E-state index >= 15 is 0 Å². The minimum Gasteiger partial charge on any atom is -0.490 e. The van der Waals surface area contributed by atoms with Gasteiger partial charge in [0.2, 0.25) is 0 Å². The quantitative estimate of drug-likeness (QED) is 0.253. The van der Waals surface area contributed by atoms with Crippen LogP contribution in [0.3, 0.4) is 0 Å². The molecule has 1 aromatic heterocycles. The number of hydrogen-bond acceptors (Lipinski definition) is 5. The number of rotatable bonds is 12. The van der Waals surface area contributed by atoms with Crippen molar-refractivity contribution in [1.82, 2.24) is 5.32 Å². The second-order valence-electron chi connectivity index (χ2n) is 11.0. The fourth-order valence-electron chi connectivity index (χ4n) is 4.78. The van der Waals surface area contributed by atoms with Crippen LogP contribution in [0, 0.1) is 6.92 Å². The van der Waals surface area contributed by atoms with Crippen molar-refractivity contribution < 1.29 is 19.4 Å². The van der Waals surface area contributed by atoms with E-state index in [-0.39, 0.29) is 23.7 Å². The number of ketones is 1. The number of aryl methyl sites for hydroxylation is 1. The molecule has 0 bridgehead atoms. The second kappa shape index (κ2) is 11.6. The van der Waals surface area contributed by atoms with Gasteiger partial charge in [-0.3, -0.25) is 9.59 Å². The summed E-state index contributed by atoms with van der Waals surface area (Å²) < 4.78 is 7.10. The first-order valence-electron chi connectivity index (χ1n) is 13.7. The molecule has 1 amide bonds. The first-order chi connectivity index (χ1) is 17.8. The van der Waals surface area contributed by atoms with Gasteiger partial charge in [0.25, 0.3) is 5.91 Å². The molecule has 0 aliphatic carbocycles. The van der Waals surface area contributed by atoms with Crippen LogP contribution in [0.2, 0.25) is 0 Å². The lowest BCUT2D eigenvalue weighted by atomic mass is 9.74. The number of nitrogens with one attached hydrogen (secondary N) is 1. The highest BCUT2D eigenvalue weighted by molar-refractivity contribution is 7.19. The van der Waals surface area contributed by atoms with Crippen LogP contribution in [-0.2, 0) is 10.2 Å². The topological polar surface area (TPSA) is 75.6 Å². The van der Waals surface area contributed by atoms with Gasteiger partial charge in [0.15, 0.2) is 5.78 Å². The summed E-state index contributed by atoms with van der Waals surface area (Å²) >= 11 is 1.72. The molecule has 0 saturated heterocycles. The summed E-state index contributed by atoms with van der Waals surface area (Å²) in [5.74, 6) is 0.471. The highest BCUT2D eigenvalue weighted by Crippen LogP contribution is 2.45. The number of carbonyl (C=O) groups is 2. The molecular formula is C32H43NO4S. The third kappa shape index (κ3) is 5.97. The average molecular weight is 538 g/mol. The van der Waals surface area contributed by atoms with Gasteiger partial charge in [0.05, 0.1) is 11.1 Å². The number of fused-ring (bicyclic) bond motifs is 1. The minimum absolute atomic E-state index is 0.0841. The summed E-state index contributed by atoms with van der Waals surface area (Å²) in [4.78, 5) is 26.0. The van der Waals surface area contributed by atoms with Crippen LogP contribution in [0.4, 0.5) is 0 Å². The molecule has 3 rings (SSSR count). The highest BCUT2D eigenvalue weighted by atomic mass is 32.1. The molecule has 2 aromatic carbocycles. The Morgan fingerprint density at radius 1 is 0.947 bits per heavy atom. The number of benzene rings is 2. The normalized spacial score (nSPS) is 12.6. The largest absolute Gasteiger partial charge is 0.490 e. The summed E-state index contributed by atoms with van der Waals surface area (Å²) in [7, 11) is 0. The predicted octanol–water partition coefficient (Wildman–Crippen LogP) is 7.34. The van der Waals surface area contributed by atoms with Crippen molar-refractivity contribution in [3.05, 3.63) is 64.0 Å². The number of amides is 1. The van der Waals surface area contributed by atoms with E-state index in [4.69, 9.17) is 4.74 Å². The number of carbonyl (C=O) groups excluding carboxylic acids is 2. The van der Waals surface area contributed by atoms with Crippen LogP contribution < -0.4 is 10.1 Å². The maximum absolute atomic E-state index is 12.9. The van der Waals surface area contributed by atoms with E-state index in [9.17, 15) is 14.7 Å². The molecule has 6 heteroatoms. The maximum atomic E-state index is 12.9. The molecule has 0 saturated carbocycles. The van der Waals surface area contributed by atoms with Crippen LogP contribution in [-0.4, -0.2) is 34.5 Å². The monoisotopic (exact) mass is 537 g/mol. The van der Waals surface area contributed by atoms with Crippen LogP contribution in [0.25, 0.3) is 10.1 Å². The third-order valence-electron chi connectivity index (χ3n) is 8.31. The lowest BCUT2D eigenvalue weighted by molar-refractivity contribution is -0.121. The van der Waals surface area contributed by atoms with Gasteiger partial charge in [-0.1, -0.05) is 45.9 Å². The standard InChI is InChI=1S/C32H43NO4S/c1-9-31(36,10-2)20-37-26-16-15-25(17-21(26)5)32(11-3,12-4)28-19-23-13-14-24(18-27(23)38-28)29(35)33-30(7,8)22(6)34/h13-19,36H,9-12,20H2,1-8H3,(H,33,35). The van der Waals surface area contributed by atoms with Crippen molar-refractivity contribution in [2.24, 2.45) is 0 Å². The number of ether oxygens (including phenoxy) is 1. The zero-order valence-corrected chi connectivity index (χ0v) is 25.0. The Morgan fingerprint density at radius 2 is 1.61 bits per heavy atom. The van der Waals surface area contributed by atoms with Gasteiger partial charge in [-0.2, -0.15) is 0 Å². The van der Waals surface area contributed by atoms with E-state index in [1.54, 1.807) is 25.2 Å². The fourth-order valence-corrected chi connectivity index (χ4v) is 6.23. The Kier molecular flexibility index (Phi) is 9.10. The van der Waals surface area contributed by atoms with E-state index in [2.05, 4.69) is 44.3 Å². The van der Waals surface area contributed by atoms with Gasteiger partial charge in [0, 0.05) is 20.6 Å². The van der Waals surface area contributed by atoms with Crippen molar-refractivity contribution in [2.45, 2.75) is 97.6 Å². The molecule has 0 aliphatic rings. The molecule has 3 aromatic rings. The van der Waals surface area contributed by atoms with E-state index in [0.29, 0.717) is 18.4 Å². The lowest BCUT2D eigenvalue weighted by Gasteiger charge is -2.32. The first kappa shape index (κ1) is 29.9. The van der Waals surface area contributed by atoms with Crippen LogP contribution in [0.15, 0.2) is 42.5 Å². The Bertz CT molecular complexity index is 1300. The minimum atomic E-state index is -0.911. The number of Topliss-reactive ketones (excluding diaryl/α,β-unsaturated/α-hetero) is 1. The number of hydrogen-bond donors (Lipinski definition) is 2. The molecule has 0 atom stereocenters. The summed E-state index contributed by atoms with van der Waals surface area (Å²) in [6.07, 6.45) is 3.17. The zero-order chi connectivity index (χ0) is 28.3. The van der Waals surface area contributed by atoms with Crippen LogP contribution in [0.1, 0.15) is 101 Å². The Hall–Kier alpha value is -2.70. The lowest BCUT2D eigenvalue weighted by Crippen LogP contribution is -2.48. The van der Waals surface area contributed by atoms with E-state index < -0.39 is 11.1 Å². The van der Waals surface area contributed by atoms with Crippen LogP contribution in [0.5, 0.6) is 5.75 Å². The molecule has 0 unspecified atom stereocenters. The second-order valence-corrected chi connectivity index (χ2v) is 12.1. The Labute approximate surface area is 231 Å². The molecule has 1 heterocycles. The fraction of sp³-hybridized carbons (Fsp3) is 0.500. The van der Waals surface area contributed by atoms with Gasteiger partial charge in [-0.05, 0) is 94.2 Å². The summed E-state index contributed by atoms with van der Waals surface area (Å²) in [5, 5.41) is 14.6. The zero-order valence-electron chi connectivity index (χ0n) is 24.2. The maximum Gasteiger partial charge on any atom is 0.252 e. The number of aliphatic hydroxyl groups is 1. The molecule has 0 spiro atoms. The first-order valence-corrected chi connectivity index (χ1v) is 14.5.